The Kier molecular flexibility index (Phi) is 5.71. The van der Waals surface area contributed by atoms with E-state index in [1.54, 1.807) is 6.92 Å². The number of ether oxygens (including phenoxy) is 3. The lowest BCUT2D eigenvalue weighted by Crippen LogP contribution is -2.38. The van der Waals surface area contributed by atoms with Crippen LogP contribution in [0.3, 0.4) is 0 Å². The summed E-state index contributed by atoms with van der Waals surface area (Å²) in [5, 5.41) is 8.17. The van der Waals surface area contributed by atoms with Crippen LogP contribution in [0.4, 0.5) is 4.39 Å². The highest BCUT2D eigenvalue weighted by Gasteiger charge is 2.34. The molecule has 118 valence electrons. The molecule has 0 amide bonds. The zero-order valence-corrected chi connectivity index (χ0v) is 12.9. The number of rotatable bonds is 5. The number of nitrogens with zero attached hydrogens (tertiary/aromatic N) is 1. The predicted molar refractivity (Wildman–Crippen MR) is 73.8 cm³/mol. The molecule has 0 radical (unpaired) electrons. The first-order valence-electron chi connectivity index (χ1n) is 6.18. The van der Waals surface area contributed by atoms with Gasteiger partial charge in [0.15, 0.2) is 11.6 Å². The Labute approximate surface area is 131 Å². The van der Waals surface area contributed by atoms with E-state index in [0.717, 1.165) is 12.1 Å². The van der Waals surface area contributed by atoms with E-state index in [2.05, 4.69) is 4.74 Å². The molecule has 0 saturated heterocycles. The van der Waals surface area contributed by atoms with Gasteiger partial charge in [0, 0.05) is 6.07 Å². The molecule has 1 aromatic carbocycles. The van der Waals surface area contributed by atoms with Crippen molar-refractivity contribution in [2.45, 2.75) is 26.4 Å². The minimum Gasteiger partial charge on any atom is -0.463 e. The van der Waals surface area contributed by atoms with Crippen molar-refractivity contribution in [2.75, 3.05) is 6.61 Å². The lowest BCUT2D eigenvalue weighted by Gasteiger charge is -2.23. The summed E-state index contributed by atoms with van der Waals surface area (Å²) in [5.74, 6) is -3.11. The third-order valence-electron chi connectivity index (χ3n) is 2.51. The van der Waals surface area contributed by atoms with Crippen molar-refractivity contribution in [3.05, 3.63) is 28.5 Å². The maximum atomic E-state index is 13.5. The van der Waals surface area contributed by atoms with Crippen LogP contribution >= 0.6 is 11.6 Å². The first kappa shape index (κ1) is 17.7. The Morgan fingerprint density at radius 2 is 2.05 bits per heavy atom. The molecule has 0 spiro atoms. The molecule has 0 N–H and O–H groups in total. The third-order valence-corrected chi connectivity index (χ3v) is 2.82. The van der Waals surface area contributed by atoms with E-state index in [4.69, 9.17) is 26.3 Å². The number of hydrogen-bond acceptors (Lipinski definition) is 6. The van der Waals surface area contributed by atoms with Crippen LogP contribution in [-0.4, -0.2) is 24.1 Å². The van der Waals surface area contributed by atoms with Crippen LogP contribution in [0.1, 0.15) is 31.1 Å². The van der Waals surface area contributed by atoms with Crippen LogP contribution in [0.2, 0.25) is 5.02 Å². The average Bonchev–Trinajstić information content (AvgIpc) is 2.41. The van der Waals surface area contributed by atoms with E-state index in [1.807, 2.05) is 0 Å². The number of nitriles is 1. The minimum atomic E-state index is -1.55. The van der Waals surface area contributed by atoms with Gasteiger partial charge >= 0.3 is 11.9 Å². The molecule has 0 unspecified atom stereocenters. The molecular weight excluding hydrogens is 317 g/mol. The van der Waals surface area contributed by atoms with Gasteiger partial charge in [-0.15, -0.1) is 5.26 Å². The van der Waals surface area contributed by atoms with Crippen molar-refractivity contribution in [3.63, 3.8) is 0 Å². The molecule has 8 heteroatoms. The molecule has 0 aromatic heterocycles. The maximum Gasteiger partial charge on any atom is 0.350 e. The van der Waals surface area contributed by atoms with Crippen LogP contribution < -0.4 is 4.74 Å². The number of carbonyl (C=O) groups is 2. The van der Waals surface area contributed by atoms with Crippen LogP contribution in [0.25, 0.3) is 0 Å². The van der Waals surface area contributed by atoms with Crippen molar-refractivity contribution in [3.8, 4) is 12.0 Å². The van der Waals surface area contributed by atoms with Crippen LogP contribution in [0, 0.1) is 17.3 Å². The lowest BCUT2D eigenvalue weighted by molar-refractivity contribution is -0.161. The van der Waals surface area contributed by atoms with Gasteiger partial charge in [-0.3, -0.25) is 0 Å². The van der Waals surface area contributed by atoms with E-state index < -0.39 is 29.1 Å². The van der Waals surface area contributed by atoms with E-state index in [1.165, 1.54) is 20.1 Å². The average molecular weight is 330 g/mol. The first-order chi connectivity index (χ1) is 10.2. The summed E-state index contributed by atoms with van der Waals surface area (Å²) >= 11 is 5.77. The summed E-state index contributed by atoms with van der Waals surface area (Å²) in [6, 6.07) is 1.73. The van der Waals surface area contributed by atoms with Crippen molar-refractivity contribution >= 4 is 23.5 Å². The molecule has 0 heterocycles. The SMILES string of the molecule is CCOC(=O)C(C)(C)OC(=O)c1cc(OC#N)c(F)cc1Cl. The Bertz CT molecular complexity index is 639. The molecule has 6 nitrogen and oxygen atoms in total. The molecular formula is C14H13ClFNO5. The first-order valence-corrected chi connectivity index (χ1v) is 6.56. The van der Waals surface area contributed by atoms with Crippen LogP contribution in [0.15, 0.2) is 12.1 Å². The normalized spacial score (nSPS) is 10.5. The van der Waals surface area contributed by atoms with Crippen LogP contribution in [-0.2, 0) is 14.3 Å². The van der Waals surface area contributed by atoms with Gasteiger partial charge in [0.25, 0.3) is 6.26 Å². The highest BCUT2D eigenvalue weighted by molar-refractivity contribution is 6.33. The van der Waals surface area contributed by atoms with Gasteiger partial charge in [-0.25, -0.2) is 14.0 Å². The maximum absolute atomic E-state index is 13.5. The largest absolute Gasteiger partial charge is 0.463 e. The molecule has 0 aliphatic rings. The molecule has 0 aliphatic carbocycles. The second kappa shape index (κ2) is 7.09. The molecule has 22 heavy (non-hydrogen) atoms. The molecule has 1 aromatic rings. The second-order valence-corrected chi connectivity index (χ2v) is 4.98. The smallest absolute Gasteiger partial charge is 0.350 e. The second-order valence-electron chi connectivity index (χ2n) is 4.58. The summed E-state index contributed by atoms with van der Waals surface area (Å²) in [6.45, 7) is 4.41. The number of hydrogen-bond donors (Lipinski definition) is 0. The summed E-state index contributed by atoms with van der Waals surface area (Å²) in [6.07, 6.45) is 1.28. The Morgan fingerprint density at radius 3 is 2.59 bits per heavy atom. The monoisotopic (exact) mass is 329 g/mol. The van der Waals surface area contributed by atoms with E-state index in [9.17, 15) is 14.0 Å². The minimum absolute atomic E-state index is 0.122. The number of benzene rings is 1. The van der Waals surface area contributed by atoms with Crippen molar-refractivity contribution in [1.82, 2.24) is 0 Å². The highest BCUT2D eigenvalue weighted by Crippen LogP contribution is 2.28. The van der Waals surface area contributed by atoms with Gasteiger partial charge in [-0.1, -0.05) is 11.6 Å². The Morgan fingerprint density at radius 1 is 1.41 bits per heavy atom. The fraction of sp³-hybridized carbons (Fsp3) is 0.357. The molecule has 0 atom stereocenters. The van der Waals surface area contributed by atoms with Crippen molar-refractivity contribution in [2.24, 2.45) is 0 Å². The Hall–Kier alpha value is -2.33. The van der Waals surface area contributed by atoms with Crippen LogP contribution in [0.5, 0.6) is 5.75 Å². The zero-order chi connectivity index (χ0) is 16.9. The summed E-state index contributed by atoms with van der Waals surface area (Å²) in [7, 11) is 0. The third kappa shape index (κ3) is 4.09. The molecule has 1 rings (SSSR count). The van der Waals surface area contributed by atoms with E-state index in [-0.39, 0.29) is 17.2 Å². The van der Waals surface area contributed by atoms with E-state index >= 15 is 0 Å². The number of carbonyl (C=O) groups excluding carboxylic acids is 2. The van der Waals surface area contributed by atoms with Crippen molar-refractivity contribution in [1.29, 1.82) is 5.26 Å². The molecule has 0 fully saturated rings. The molecule has 0 aliphatic heterocycles. The standard InChI is InChI=1S/C14H13ClFNO5/c1-4-20-13(19)14(2,3)22-12(18)8-5-11(21-7-17)10(16)6-9(8)15/h5-6H,4H2,1-3H3. The van der Waals surface area contributed by atoms with Gasteiger partial charge in [-0.05, 0) is 26.8 Å². The lowest BCUT2D eigenvalue weighted by atomic mass is 10.1. The molecule has 0 bridgehead atoms. The van der Waals surface area contributed by atoms with Gasteiger partial charge in [0.1, 0.15) is 0 Å². The quantitative estimate of drug-likeness (QED) is 0.610. The zero-order valence-electron chi connectivity index (χ0n) is 12.1. The van der Waals surface area contributed by atoms with Gasteiger partial charge in [0.05, 0.1) is 17.2 Å². The summed E-state index contributed by atoms with van der Waals surface area (Å²) in [5.41, 5.74) is -1.80. The molecule has 0 saturated carbocycles. The van der Waals surface area contributed by atoms with Gasteiger partial charge in [-0.2, -0.15) is 0 Å². The topological polar surface area (TPSA) is 85.6 Å². The fourth-order valence-electron chi connectivity index (χ4n) is 1.45. The number of esters is 2. The summed E-state index contributed by atoms with van der Waals surface area (Å²) in [4.78, 5) is 23.8. The summed E-state index contributed by atoms with van der Waals surface area (Å²) < 4.78 is 27.6. The Balaban J connectivity index is 3.06. The van der Waals surface area contributed by atoms with Crippen molar-refractivity contribution < 1.29 is 28.2 Å². The highest BCUT2D eigenvalue weighted by atomic mass is 35.5. The van der Waals surface area contributed by atoms with Gasteiger partial charge < -0.3 is 14.2 Å². The predicted octanol–water partition coefficient (Wildman–Crippen LogP) is 2.84. The van der Waals surface area contributed by atoms with Gasteiger partial charge in [0.2, 0.25) is 5.60 Å². The van der Waals surface area contributed by atoms with E-state index in [0.29, 0.717) is 0 Å². The fourth-order valence-corrected chi connectivity index (χ4v) is 1.67. The number of halogens is 2.